The summed E-state index contributed by atoms with van der Waals surface area (Å²) < 4.78 is 5.84. The Hall–Kier alpha value is -2.53. The molecule has 0 saturated carbocycles. The number of benzene rings is 2. The number of halogens is 1. The summed E-state index contributed by atoms with van der Waals surface area (Å²) in [6.45, 7) is 6.42. The standard InChI is InChI=1S/C22H27ClN2O3/c1-4-6-13-24-21(26)17-9-7-8-10-19(17)25-22(27)20(5-2)28-16-11-12-18(23)15(3)14-16/h7-12,14,20H,4-6,13H2,1-3H3,(H,24,26)(H,25,27)/t20-/m1/s1. The molecular weight excluding hydrogens is 376 g/mol. The summed E-state index contributed by atoms with van der Waals surface area (Å²) >= 11 is 6.04. The van der Waals surface area contributed by atoms with Gasteiger partial charge in [0.25, 0.3) is 11.8 Å². The molecule has 1 atom stereocenters. The molecule has 28 heavy (non-hydrogen) atoms. The average Bonchev–Trinajstić information content (AvgIpc) is 2.69. The van der Waals surface area contributed by atoms with Crippen LogP contribution >= 0.6 is 11.6 Å². The summed E-state index contributed by atoms with van der Waals surface area (Å²) in [5.74, 6) is 0.0741. The molecule has 0 heterocycles. The van der Waals surface area contributed by atoms with Gasteiger partial charge in [-0.25, -0.2) is 0 Å². The molecule has 0 bridgehead atoms. The number of carbonyl (C=O) groups excluding carboxylic acids is 2. The van der Waals surface area contributed by atoms with E-state index in [4.69, 9.17) is 16.3 Å². The minimum absolute atomic E-state index is 0.202. The Labute approximate surface area is 171 Å². The highest BCUT2D eigenvalue weighted by Gasteiger charge is 2.21. The molecule has 2 rings (SSSR count). The number of hydrogen-bond acceptors (Lipinski definition) is 3. The van der Waals surface area contributed by atoms with E-state index in [-0.39, 0.29) is 11.8 Å². The zero-order valence-corrected chi connectivity index (χ0v) is 17.3. The van der Waals surface area contributed by atoms with Crippen LogP contribution in [0.4, 0.5) is 5.69 Å². The first kappa shape index (κ1) is 21.8. The van der Waals surface area contributed by atoms with E-state index in [0.717, 1.165) is 18.4 Å². The third-order valence-electron chi connectivity index (χ3n) is 4.32. The van der Waals surface area contributed by atoms with Crippen molar-refractivity contribution in [3.05, 3.63) is 58.6 Å². The van der Waals surface area contributed by atoms with Gasteiger partial charge < -0.3 is 15.4 Å². The van der Waals surface area contributed by atoms with Crippen LogP contribution in [0, 0.1) is 6.92 Å². The first-order valence-electron chi connectivity index (χ1n) is 9.57. The number of anilines is 1. The highest BCUT2D eigenvalue weighted by Crippen LogP contribution is 2.23. The molecule has 0 aliphatic heterocycles. The largest absolute Gasteiger partial charge is 0.481 e. The van der Waals surface area contributed by atoms with Crippen molar-refractivity contribution in [2.75, 3.05) is 11.9 Å². The monoisotopic (exact) mass is 402 g/mol. The van der Waals surface area contributed by atoms with Crippen LogP contribution in [0.2, 0.25) is 5.02 Å². The maximum Gasteiger partial charge on any atom is 0.265 e. The number of carbonyl (C=O) groups is 2. The molecule has 2 aromatic rings. The molecule has 6 heteroatoms. The van der Waals surface area contributed by atoms with Gasteiger partial charge in [-0.15, -0.1) is 0 Å². The molecule has 0 aliphatic carbocycles. The smallest absolute Gasteiger partial charge is 0.265 e. The summed E-state index contributed by atoms with van der Waals surface area (Å²) in [5, 5.41) is 6.35. The van der Waals surface area contributed by atoms with Crippen LogP contribution in [-0.2, 0) is 4.79 Å². The molecule has 5 nitrogen and oxygen atoms in total. The lowest BCUT2D eigenvalue weighted by Gasteiger charge is -2.19. The van der Waals surface area contributed by atoms with Crippen molar-refractivity contribution < 1.29 is 14.3 Å². The molecule has 0 spiro atoms. The highest BCUT2D eigenvalue weighted by molar-refractivity contribution is 6.31. The maximum absolute atomic E-state index is 12.7. The van der Waals surface area contributed by atoms with Crippen molar-refractivity contribution in [2.45, 2.75) is 46.1 Å². The summed E-state index contributed by atoms with van der Waals surface area (Å²) in [7, 11) is 0. The van der Waals surface area contributed by atoms with Gasteiger partial charge in [0.15, 0.2) is 6.10 Å². The lowest BCUT2D eigenvalue weighted by atomic mass is 10.1. The van der Waals surface area contributed by atoms with E-state index in [2.05, 4.69) is 17.6 Å². The van der Waals surface area contributed by atoms with Crippen molar-refractivity contribution in [2.24, 2.45) is 0 Å². The fourth-order valence-electron chi connectivity index (χ4n) is 2.65. The van der Waals surface area contributed by atoms with Crippen LogP contribution in [0.3, 0.4) is 0 Å². The molecule has 150 valence electrons. The lowest BCUT2D eigenvalue weighted by Crippen LogP contribution is -2.33. The highest BCUT2D eigenvalue weighted by atomic mass is 35.5. The van der Waals surface area contributed by atoms with Gasteiger partial charge in [0.2, 0.25) is 0 Å². The van der Waals surface area contributed by atoms with Gasteiger partial charge in [-0.2, -0.15) is 0 Å². The molecule has 0 unspecified atom stereocenters. The minimum atomic E-state index is -0.684. The van der Waals surface area contributed by atoms with Gasteiger partial charge in [-0.3, -0.25) is 9.59 Å². The number of unbranched alkanes of at least 4 members (excludes halogenated alkanes) is 1. The zero-order chi connectivity index (χ0) is 20.5. The van der Waals surface area contributed by atoms with E-state index in [1.165, 1.54) is 0 Å². The summed E-state index contributed by atoms with van der Waals surface area (Å²) in [5.41, 5.74) is 1.78. The molecule has 0 aromatic heterocycles. The van der Waals surface area contributed by atoms with Crippen LogP contribution < -0.4 is 15.4 Å². The predicted octanol–water partition coefficient (Wildman–Crippen LogP) is 4.97. The van der Waals surface area contributed by atoms with Crippen LogP contribution in [0.5, 0.6) is 5.75 Å². The second-order valence-corrected chi connectivity index (χ2v) is 6.98. The quantitative estimate of drug-likeness (QED) is 0.581. The normalized spacial score (nSPS) is 11.6. The molecular formula is C22H27ClN2O3. The van der Waals surface area contributed by atoms with Crippen molar-refractivity contribution in [1.82, 2.24) is 5.32 Å². The Morgan fingerprint density at radius 1 is 1.14 bits per heavy atom. The zero-order valence-electron chi connectivity index (χ0n) is 16.5. The SMILES string of the molecule is CCCCNC(=O)c1ccccc1NC(=O)[C@@H](CC)Oc1ccc(Cl)c(C)c1. The van der Waals surface area contributed by atoms with Gasteiger partial charge in [0.1, 0.15) is 5.75 Å². The number of para-hydroxylation sites is 1. The summed E-state index contributed by atoms with van der Waals surface area (Å²) in [6.07, 6.45) is 1.71. The van der Waals surface area contributed by atoms with Crippen LogP contribution in [0.1, 0.15) is 49.0 Å². The minimum Gasteiger partial charge on any atom is -0.481 e. The Kier molecular flexibility index (Phi) is 8.33. The van der Waals surface area contributed by atoms with Crippen molar-refractivity contribution in [1.29, 1.82) is 0 Å². The van der Waals surface area contributed by atoms with E-state index >= 15 is 0 Å². The molecule has 2 amide bonds. The Morgan fingerprint density at radius 2 is 1.89 bits per heavy atom. The third kappa shape index (κ3) is 5.99. The third-order valence-corrected chi connectivity index (χ3v) is 4.74. The van der Waals surface area contributed by atoms with E-state index in [9.17, 15) is 9.59 Å². The van der Waals surface area contributed by atoms with Gasteiger partial charge in [-0.1, -0.05) is 44.0 Å². The van der Waals surface area contributed by atoms with Crippen molar-refractivity contribution >= 4 is 29.1 Å². The van der Waals surface area contributed by atoms with E-state index in [1.807, 2.05) is 13.8 Å². The Morgan fingerprint density at radius 3 is 2.57 bits per heavy atom. The van der Waals surface area contributed by atoms with Crippen molar-refractivity contribution in [3.63, 3.8) is 0 Å². The second-order valence-electron chi connectivity index (χ2n) is 6.57. The van der Waals surface area contributed by atoms with E-state index in [1.54, 1.807) is 42.5 Å². The van der Waals surface area contributed by atoms with Crippen LogP contribution in [0.15, 0.2) is 42.5 Å². The molecule has 2 N–H and O–H groups in total. The molecule has 0 aliphatic rings. The predicted molar refractivity (Wildman–Crippen MR) is 113 cm³/mol. The molecule has 0 radical (unpaired) electrons. The maximum atomic E-state index is 12.7. The van der Waals surface area contributed by atoms with Crippen LogP contribution in [0.25, 0.3) is 0 Å². The average molecular weight is 403 g/mol. The molecule has 2 aromatic carbocycles. The van der Waals surface area contributed by atoms with E-state index in [0.29, 0.717) is 35.0 Å². The van der Waals surface area contributed by atoms with Gasteiger partial charge >= 0.3 is 0 Å². The Bertz CT molecular complexity index is 823. The van der Waals surface area contributed by atoms with Crippen LogP contribution in [-0.4, -0.2) is 24.5 Å². The molecule has 0 fully saturated rings. The van der Waals surface area contributed by atoms with Gasteiger partial charge in [0, 0.05) is 11.6 Å². The summed E-state index contributed by atoms with van der Waals surface area (Å²) in [6, 6.07) is 12.2. The second kappa shape index (κ2) is 10.7. The number of hydrogen-bond donors (Lipinski definition) is 2. The topological polar surface area (TPSA) is 67.4 Å². The summed E-state index contributed by atoms with van der Waals surface area (Å²) in [4.78, 5) is 25.2. The van der Waals surface area contributed by atoms with E-state index < -0.39 is 6.10 Å². The fraction of sp³-hybridized carbons (Fsp3) is 0.364. The number of rotatable bonds is 9. The first-order chi connectivity index (χ1) is 13.5. The number of amides is 2. The lowest BCUT2D eigenvalue weighted by molar-refractivity contribution is -0.122. The van der Waals surface area contributed by atoms with Gasteiger partial charge in [0.05, 0.1) is 11.3 Å². The van der Waals surface area contributed by atoms with Gasteiger partial charge in [-0.05, 0) is 55.7 Å². The number of ether oxygens (including phenoxy) is 1. The number of nitrogens with one attached hydrogen (secondary N) is 2. The number of aryl methyl sites for hydroxylation is 1. The molecule has 0 saturated heterocycles. The fourth-order valence-corrected chi connectivity index (χ4v) is 2.77. The first-order valence-corrected chi connectivity index (χ1v) is 9.95. The van der Waals surface area contributed by atoms with Crippen molar-refractivity contribution in [3.8, 4) is 5.75 Å². The Balaban J connectivity index is 2.09.